The van der Waals surface area contributed by atoms with Crippen LogP contribution in [-0.4, -0.2) is 40.0 Å². The van der Waals surface area contributed by atoms with Gasteiger partial charge >= 0.3 is 5.97 Å². The fraction of sp³-hybridized carbons (Fsp3) is 0.800. The summed E-state index contributed by atoms with van der Waals surface area (Å²) < 4.78 is 0. The molecule has 15 heavy (non-hydrogen) atoms. The van der Waals surface area contributed by atoms with E-state index >= 15 is 0 Å². The van der Waals surface area contributed by atoms with Gasteiger partial charge in [0.05, 0.1) is 0 Å². The molecule has 1 rings (SSSR count). The van der Waals surface area contributed by atoms with Crippen LogP contribution in [0.15, 0.2) is 0 Å². The SMILES string of the molecule is CC(C)(N)CC(=O)N1CCC[C@H]1C(=O)O. The monoisotopic (exact) mass is 214 g/mol. The van der Waals surface area contributed by atoms with Gasteiger partial charge in [-0.25, -0.2) is 4.79 Å². The molecule has 5 heteroatoms. The lowest BCUT2D eigenvalue weighted by Crippen LogP contribution is -2.45. The van der Waals surface area contributed by atoms with E-state index in [0.29, 0.717) is 13.0 Å². The quantitative estimate of drug-likeness (QED) is 0.702. The highest BCUT2D eigenvalue weighted by Gasteiger charge is 2.35. The predicted octanol–water partition coefficient (Wildman–Crippen LogP) is 0.189. The Balaban J connectivity index is 2.63. The van der Waals surface area contributed by atoms with Gasteiger partial charge < -0.3 is 15.7 Å². The fourth-order valence-electron chi connectivity index (χ4n) is 1.81. The first kappa shape index (κ1) is 12.0. The van der Waals surface area contributed by atoms with Crippen molar-refractivity contribution in [1.29, 1.82) is 0 Å². The van der Waals surface area contributed by atoms with Crippen LogP contribution in [0.5, 0.6) is 0 Å². The first-order valence-corrected chi connectivity index (χ1v) is 5.12. The third kappa shape index (κ3) is 3.20. The van der Waals surface area contributed by atoms with Crippen LogP contribution in [0.1, 0.15) is 33.1 Å². The van der Waals surface area contributed by atoms with Gasteiger partial charge in [-0.05, 0) is 26.7 Å². The zero-order valence-electron chi connectivity index (χ0n) is 9.19. The van der Waals surface area contributed by atoms with Crippen molar-refractivity contribution in [2.45, 2.75) is 44.7 Å². The van der Waals surface area contributed by atoms with Crippen LogP contribution in [0.25, 0.3) is 0 Å². The number of carboxylic acid groups (broad SMARTS) is 1. The van der Waals surface area contributed by atoms with E-state index in [2.05, 4.69) is 0 Å². The largest absolute Gasteiger partial charge is 0.480 e. The van der Waals surface area contributed by atoms with E-state index in [-0.39, 0.29) is 12.3 Å². The van der Waals surface area contributed by atoms with Gasteiger partial charge in [0.25, 0.3) is 0 Å². The Hall–Kier alpha value is -1.10. The summed E-state index contributed by atoms with van der Waals surface area (Å²) in [5.74, 6) is -1.08. The minimum atomic E-state index is -0.921. The first-order chi connectivity index (χ1) is 6.81. The van der Waals surface area contributed by atoms with Gasteiger partial charge in [-0.3, -0.25) is 4.79 Å². The number of carboxylic acids is 1. The van der Waals surface area contributed by atoms with Crippen LogP contribution in [0.2, 0.25) is 0 Å². The van der Waals surface area contributed by atoms with Crippen LogP contribution < -0.4 is 5.73 Å². The molecule has 1 fully saturated rings. The first-order valence-electron chi connectivity index (χ1n) is 5.12. The Morgan fingerprint density at radius 3 is 2.60 bits per heavy atom. The Bertz CT molecular complexity index is 270. The molecule has 0 spiro atoms. The highest BCUT2D eigenvalue weighted by Crippen LogP contribution is 2.20. The van der Waals surface area contributed by atoms with Gasteiger partial charge in [0.1, 0.15) is 6.04 Å². The second kappa shape index (κ2) is 4.18. The number of amides is 1. The molecule has 0 aromatic carbocycles. The van der Waals surface area contributed by atoms with Crippen molar-refractivity contribution in [2.24, 2.45) is 5.73 Å². The molecule has 0 bridgehead atoms. The molecule has 1 amide bonds. The minimum absolute atomic E-state index is 0.160. The lowest BCUT2D eigenvalue weighted by molar-refractivity contribution is -0.148. The van der Waals surface area contributed by atoms with Crippen LogP contribution >= 0.6 is 0 Å². The standard InChI is InChI=1S/C10H18N2O3/c1-10(2,11)6-8(13)12-5-3-4-7(12)9(14)15/h7H,3-6,11H2,1-2H3,(H,14,15)/t7-/m0/s1. The summed E-state index contributed by atoms with van der Waals surface area (Å²) in [4.78, 5) is 24.0. The molecule has 0 aliphatic carbocycles. The highest BCUT2D eigenvalue weighted by atomic mass is 16.4. The molecule has 5 nitrogen and oxygen atoms in total. The van der Waals surface area contributed by atoms with Crippen molar-refractivity contribution >= 4 is 11.9 Å². The lowest BCUT2D eigenvalue weighted by Gasteiger charge is -2.25. The zero-order valence-corrected chi connectivity index (χ0v) is 9.19. The minimum Gasteiger partial charge on any atom is -0.480 e. The second-order valence-corrected chi connectivity index (χ2v) is 4.75. The van der Waals surface area contributed by atoms with Crippen LogP contribution in [-0.2, 0) is 9.59 Å². The normalized spacial score (nSPS) is 21.8. The van der Waals surface area contributed by atoms with E-state index in [9.17, 15) is 9.59 Å². The summed E-state index contributed by atoms with van der Waals surface area (Å²) in [6.07, 6.45) is 1.50. The number of hydrogen-bond donors (Lipinski definition) is 2. The number of likely N-dealkylation sites (tertiary alicyclic amines) is 1. The lowest BCUT2D eigenvalue weighted by atomic mass is 10.0. The molecule has 0 aromatic rings. The molecule has 1 aliphatic heterocycles. The van der Waals surface area contributed by atoms with E-state index < -0.39 is 17.6 Å². The Morgan fingerprint density at radius 1 is 1.53 bits per heavy atom. The topological polar surface area (TPSA) is 83.6 Å². The second-order valence-electron chi connectivity index (χ2n) is 4.75. The number of rotatable bonds is 3. The number of aliphatic carboxylic acids is 1. The average Bonchev–Trinajstić information content (AvgIpc) is 2.47. The number of carbonyl (C=O) groups is 2. The van der Waals surface area contributed by atoms with Gasteiger partial charge in [-0.2, -0.15) is 0 Å². The molecule has 0 unspecified atom stereocenters. The molecule has 1 saturated heterocycles. The number of nitrogens with two attached hydrogens (primary N) is 1. The maximum absolute atomic E-state index is 11.8. The Kier molecular flexibility index (Phi) is 3.34. The molecule has 1 aliphatic rings. The van der Waals surface area contributed by atoms with Crippen LogP contribution in [0, 0.1) is 0 Å². The maximum atomic E-state index is 11.8. The molecule has 0 radical (unpaired) electrons. The summed E-state index contributed by atoms with van der Waals surface area (Å²) in [5, 5.41) is 8.91. The average molecular weight is 214 g/mol. The van der Waals surface area contributed by atoms with Crippen molar-refractivity contribution in [3.63, 3.8) is 0 Å². The molecule has 0 aromatic heterocycles. The zero-order chi connectivity index (χ0) is 11.6. The van der Waals surface area contributed by atoms with Gasteiger partial charge in [0, 0.05) is 18.5 Å². The van der Waals surface area contributed by atoms with Crippen molar-refractivity contribution < 1.29 is 14.7 Å². The highest BCUT2D eigenvalue weighted by molar-refractivity contribution is 5.84. The third-order valence-electron chi connectivity index (χ3n) is 2.47. The molecule has 1 atom stereocenters. The van der Waals surface area contributed by atoms with Crippen molar-refractivity contribution in [1.82, 2.24) is 4.90 Å². The molecule has 86 valence electrons. The summed E-state index contributed by atoms with van der Waals surface area (Å²) >= 11 is 0. The van der Waals surface area contributed by atoms with Crippen LogP contribution in [0.4, 0.5) is 0 Å². The molecule has 3 N–H and O–H groups in total. The number of nitrogens with zero attached hydrogens (tertiary/aromatic N) is 1. The van der Waals surface area contributed by atoms with Crippen molar-refractivity contribution in [3.8, 4) is 0 Å². The smallest absolute Gasteiger partial charge is 0.326 e. The van der Waals surface area contributed by atoms with E-state index in [0.717, 1.165) is 6.42 Å². The van der Waals surface area contributed by atoms with E-state index in [1.807, 2.05) is 0 Å². The summed E-state index contributed by atoms with van der Waals surface area (Å²) in [6, 6.07) is -0.653. The molecule has 0 saturated carbocycles. The number of carbonyl (C=O) groups excluding carboxylic acids is 1. The van der Waals surface area contributed by atoms with E-state index in [1.54, 1.807) is 13.8 Å². The van der Waals surface area contributed by atoms with Gasteiger partial charge in [-0.15, -0.1) is 0 Å². The fourth-order valence-corrected chi connectivity index (χ4v) is 1.81. The predicted molar refractivity (Wildman–Crippen MR) is 55.3 cm³/mol. The van der Waals surface area contributed by atoms with Gasteiger partial charge in [0.15, 0.2) is 0 Å². The van der Waals surface area contributed by atoms with E-state index in [4.69, 9.17) is 10.8 Å². The molecule has 1 heterocycles. The summed E-state index contributed by atoms with van der Waals surface area (Å²) in [6.45, 7) is 4.05. The Morgan fingerprint density at radius 2 is 2.13 bits per heavy atom. The van der Waals surface area contributed by atoms with Crippen molar-refractivity contribution in [3.05, 3.63) is 0 Å². The van der Waals surface area contributed by atoms with Crippen LogP contribution in [0.3, 0.4) is 0 Å². The summed E-state index contributed by atoms with van der Waals surface area (Å²) in [7, 11) is 0. The van der Waals surface area contributed by atoms with Gasteiger partial charge in [0.2, 0.25) is 5.91 Å². The number of hydrogen-bond acceptors (Lipinski definition) is 3. The van der Waals surface area contributed by atoms with Crippen molar-refractivity contribution in [2.75, 3.05) is 6.54 Å². The van der Waals surface area contributed by atoms with Gasteiger partial charge in [-0.1, -0.05) is 0 Å². The molecular formula is C10H18N2O3. The summed E-state index contributed by atoms with van der Waals surface area (Å²) in [5.41, 5.74) is 5.15. The third-order valence-corrected chi connectivity index (χ3v) is 2.47. The van der Waals surface area contributed by atoms with E-state index in [1.165, 1.54) is 4.90 Å². The Labute approximate surface area is 89.2 Å². The molecular weight excluding hydrogens is 196 g/mol. The maximum Gasteiger partial charge on any atom is 0.326 e.